The van der Waals surface area contributed by atoms with Crippen molar-refractivity contribution in [3.8, 4) is 0 Å². The van der Waals surface area contributed by atoms with E-state index < -0.39 is 5.91 Å². The Morgan fingerprint density at radius 1 is 0.821 bits per heavy atom. The lowest BCUT2D eigenvalue weighted by molar-refractivity contribution is -0.117. The molecule has 0 atom stereocenters. The first-order valence-electron chi connectivity index (χ1n) is 8.69. The van der Waals surface area contributed by atoms with Crippen molar-refractivity contribution >= 4 is 40.6 Å². The molecule has 0 radical (unpaired) electrons. The SMILES string of the molecule is O=C(Nc1ccccc1)Nc1ccc(/C=C2\C(=O)N(O)c3ccccc32)cc1. The monoisotopic (exact) mass is 371 g/mol. The maximum Gasteiger partial charge on any atom is 0.323 e. The molecule has 0 spiro atoms. The largest absolute Gasteiger partial charge is 0.323 e. The highest BCUT2D eigenvalue weighted by Crippen LogP contribution is 2.36. The number of nitrogens with zero attached hydrogens (tertiary/aromatic N) is 1. The Bertz CT molecular complexity index is 1060. The van der Waals surface area contributed by atoms with Crippen LogP contribution in [0.4, 0.5) is 21.9 Å². The van der Waals surface area contributed by atoms with Gasteiger partial charge in [0.25, 0.3) is 5.91 Å². The van der Waals surface area contributed by atoms with E-state index in [1.165, 1.54) is 0 Å². The Balaban J connectivity index is 1.49. The topological polar surface area (TPSA) is 81.7 Å². The van der Waals surface area contributed by atoms with Crippen molar-refractivity contribution in [1.29, 1.82) is 0 Å². The lowest BCUT2D eigenvalue weighted by atomic mass is 10.0. The van der Waals surface area contributed by atoms with E-state index in [0.29, 0.717) is 33.3 Å². The standard InChI is InChI=1S/C22H17N3O3/c26-21-19(18-8-4-5-9-20(18)25(21)28)14-15-10-12-17(13-11-15)24-22(27)23-16-6-2-1-3-7-16/h1-14,28H,(H2,23,24,27)/b19-14-. The second kappa shape index (κ2) is 7.38. The summed E-state index contributed by atoms with van der Waals surface area (Å²) in [6.45, 7) is 0. The summed E-state index contributed by atoms with van der Waals surface area (Å²) >= 11 is 0. The van der Waals surface area contributed by atoms with Crippen LogP contribution in [0.15, 0.2) is 78.9 Å². The van der Waals surface area contributed by atoms with Crippen molar-refractivity contribution < 1.29 is 14.8 Å². The molecule has 0 unspecified atom stereocenters. The zero-order valence-electron chi connectivity index (χ0n) is 14.8. The van der Waals surface area contributed by atoms with E-state index in [-0.39, 0.29) is 6.03 Å². The molecule has 3 aromatic rings. The Kier molecular flexibility index (Phi) is 4.62. The van der Waals surface area contributed by atoms with E-state index in [2.05, 4.69) is 10.6 Å². The van der Waals surface area contributed by atoms with Crippen molar-refractivity contribution in [2.24, 2.45) is 0 Å². The molecule has 28 heavy (non-hydrogen) atoms. The molecular weight excluding hydrogens is 354 g/mol. The molecule has 0 saturated heterocycles. The van der Waals surface area contributed by atoms with Gasteiger partial charge >= 0.3 is 6.03 Å². The summed E-state index contributed by atoms with van der Waals surface area (Å²) in [5.41, 5.74) is 3.67. The van der Waals surface area contributed by atoms with Crippen LogP contribution in [0.5, 0.6) is 0 Å². The molecular formula is C22H17N3O3. The number of para-hydroxylation sites is 2. The summed E-state index contributed by atoms with van der Waals surface area (Å²) in [6.07, 6.45) is 1.71. The highest BCUT2D eigenvalue weighted by Gasteiger charge is 2.30. The van der Waals surface area contributed by atoms with Crippen molar-refractivity contribution in [2.45, 2.75) is 0 Å². The number of carbonyl (C=O) groups excluding carboxylic acids is 2. The molecule has 0 bridgehead atoms. The second-order valence-electron chi connectivity index (χ2n) is 6.26. The number of hydroxylamine groups is 1. The molecule has 0 saturated carbocycles. The Morgan fingerprint density at radius 3 is 2.14 bits per heavy atom. The quantitative estimate of drug-likeness (QED) is 0.465. The van der Waals surface area contributed by atoms with Crippen LogP contribution in [-0.4, -0.2) is 17.1 Å². The molecule has 1 aliphatic heterocycles. The Morgan fingerprint density at radius 2 is 1.43 bits per heavy atom. The fourth-order valence-electron chi connectivity index (χ4n) is 3.01. The van der Waals surface area contributed by atoms with E-state index in [4.69, 9.17) is 0 Å². The zero-order valence-corrected chi connectivity index (χ0v) is 14.8. The number of anilines is 3. The van der Waals surface area contributed by atoms with Crippen LogP contribution < -0.4 is 15.7 Å². The Labute approximate surface area is 161 Å². The van der Waals surface area contributed by atoms with E-state index in [1.807, 2.05) is 24.3 Å². The molecule has 1 heterocycles. The third-order valence-electron chi connectivity index (χ3n) is 4.36. The summed E-state index contributed by atoms with van der Waals surface area (Å²) in [6, 6.07) is 23.0. The van der Waals surface area contributed by atoms with Gasteiger partial charge in [-0.3, -0.25) is 10.0 Å². The maximum atomic E-state index is 12.3. The van der Waals surface area contributed by atoms with E-state index >= 15 is 0 Å². The number of fused-ring (bicyclic) bond motifs is 1. The number of benzene rings is 3. The number of urea groups is 1. The number of carbonyl (C=O) groups is 2. The fraction of sp³-hybridized carbons (Fsp3) is 0. The number of hydrogen-bond donors (Lipinski definition) is 3. The zero-order chi connectivity index (χ0) is 19.5. The first-order chi connectivity index (χ1) is 13.6. The fourth-order valence-corrected chi connectivity index (χ4v) is 3.01. The van der Waals surface area contributed by atoms with Crippen LogP contribution >= 0.6 is 0 Å². The molecule has 138 valence electrons. The molecule has 1 aliphatic rings. The Hall–Kier alpha value is -3.90. The molecule has 0 aliphatic carbocycles. The number of amides is 3. The minimum atomic E-state index is -0.467. The molecule has 6 heteroatoms. The van der Waals surface area contributed by atoms with Gasteiger partial charge in [0.15, 0.2) is 0 Å². The van der Waals surface area contributed by atoms with Gasteiger partial charge in [-0.2, -0.15) is 5.06 Å². The van der Waals surface area contributed by atoms with Gasteiger partial charge in [0.05, 0.1) is 11.3 Å². The van der Waals surface area contributed by atoms with Gasteiger partial charge in [0.1, 0.15) is 0 Å². The first kappa shape index (κ1) is 17.5. The van der Waals surface area contributed by atoms with Crippen molar-refractivity contribution in [1.82, 2.24) is 0 Å². The molecule has 4 rings (SSSR count). The van der Waals surface area contributed by atoms with E-state index in [1.54, 1.807) is 60.7 Å². The van der Waals surface area contributed by atoms with Crippen LogP contribution in [0.2, 0.25) is 0 Å². The van der Waals surface area contributed by atoms with Crippen molar-refractivity contribution in [2.75, 3.05) is 15.7 Å². The number of rotatable bonds is 3. The normalized spacial score (nSPS) is 14.1. The van der Waals surface area contributed by atoms with E-state index in [9.17, 15) is 14.8 Å². The predicted molar refractivity (Wildman–Crippen MR) is 109 cm³/mol. The minimum absolute atomic E-state index is 0.340. The second-order valence-corrected chi connectivity index (χ2v) is 6.26. The summed E-state index contributed by atoms with van der Waals surface area (Å²) in [7, 11) is 0. The van der Waals surface area contributed by atoms with Gasteiger partial charge in [-0.15, -0.1) is 0 Å². The van der Waals surface area contributed by atoms with Crippen LogP contribution in [0, 0.1) is 0 Å². The third kappa shape index (κ3) is 3.49. The average molecular weight is 371 g/mol. The molecule has 3 aromatic carbocycles. The summed E-state index contributed by atoms with van der Waals surface area (Å²) in [5.74, 6) is -0.467. The minimum Gasteiger partial charge on any atom is -0.308 e. The average Bonchev–Trinajstić information content (AvgIpc) is 2.95. The molecule has 0 aromatic heterocycles. The van der Waals surface area contributed by atoms with Crippen LogP contribution in [-0.2, 0) is 4.79 Å². The molecule has 3 N–H and O–H groups in total. The summed E-state index contributed by atoms with van der Waals surface area (Å²) in [5, 5.41) is 16.1. The highest BCUT2D eigenvalue weighted by molar-refractivity contribution is 6.34. The third-order valence-corrected chi connectivity index (χ3v) is 4.36. The lowest BCUT2D eigenvalue weighted by Crippen LogP contribution is -2.21. The maximum absolute atomic E-state index is 12.3. The number of nitrogens with one attached hydrogen (secondary N) is 2. The smallest absolute Gasteiger partial charge is 0.308 e. The van der Waals surface area contributed by atoms with E-state index in [0.717, 1.165) is 5.56 Å². The van der Waals surface area contributed by atoms with Crippen LogP contribution in [0.1, 0.15) is 11.1 Å². The van der Waals surface area contributed by atoms with Crippen molar-refractivity contribution in [3.05, 3.63) is 90.0 Å². The van der Waals surface area contributed by atoms with Gasteiger partial charge in [0, 0.05) is 16.9 Å². The molecule has 6 nitrogen and oxygen atoms in total. The lowest BCUT2D eigenvalue weighted by Gasteiger charge is -2.08. The first-order valence-corrected chi connectivity index (χ1v) is 8.69. The molecule has 3 amide bonds. The van der Waals surface area contributed by atoms with Gasteiger partial charge in [-0.05, 0) is 42.0 Å². The van der Waals surface area contributed by atoms with Gasteiger partial charge in [-0.25, -0.2) is 4.79 Å². The molecule has 0 fully saturated rings. The highest BCUT2D eigenvalue weighted by atomic mass is 16.5. The van der Waals surface area contributed by atoms with Gasteiger partial charge < -0.3 is 10.6 Å². The van der Waals surface area contributed by atoms with Crippen molar-refractivity contribution in [3.63, 3.8) is 0 Å². The summed E-state index contributed by atoms with van der Waals surface area (Å²) < 4.78 is 0. The van der Waals surface area contributed by atoms with Crippen LogP contribution in [0.3, 0.4) is 0 Å². The van der Waals surface area contributed by atoms with Gasteiger partial charge in [0.2, 0.25) is 0 Å². The van der Waals surface area contributed by atoms with Gasteiger partial charge in [-0.1, -0.05) is 48.5 Å². The predicted octanol–water partition coefficient (Wildman–Crippen LogP) is 4.61. The summed E-state index contributed by atoms with van der Waals surface area (Å²) in [4.78, 5) is 24.3. The van der Waals surface area contributed by atoms with Crippen LogP contribution in [0.25, 0.3) is 11.6 Å². The number of hydrogen-bond acceptors (Lipinski definition) is 3.